The van der Waals surface area contributed by atoms with Gasteiger partial charge < -0.3 is 0 Å². The van der Waals surface area contributed by atoms with E-state index in [-0.39, 0.29) is 33.0 Å². The van der Waals surface area contributed by atoms with E-state index in [1.165, 1.54) is 32.1 Å². The summed E-state index contributed by atoms with van der Waals surface area (Å²) < 4.78 is 0. The fourth-order valence-electron chi connectivity index (χ4n) is 0.884. The number of hydrogen-bond acceptors (Lipinski definition) is 0. The van der Waals surface area contributed by atoms with E-state index in [2.05, 4.69) is 0 Å². The van der Waals surface area contributed by atoms with Crippen molar-refractivity contribution in [1.82, 2.24) is 0 Å². The zero-order valence-electron chi connectivity index (χ0n) is 4.96. The summed E-state index contributed by atoms with van der Waals surface area (Å²) >= 11 is -0.106. The van der Waals surface area contributed by atoms with Gasteiger partial charge in [0.25, 0.3) is 0 Å². The molecule has 0 radical (unpaired) electrons. The predicted octanol–water partition coefficient (Wildman–Crippen LogP) is 3.32. The van der Waals surface area contributed by atoms with Crippen LogP contribution in [0.3, 0.4) is 0 Å². The maximum atomic E-state index is 4.81. The Morgan fingerprint density at radius 1 is 0.778 bits per heavy atom. The molecule has 1 rings (SSSR count). The van der Waals surface area contributed by atoms with E-state index >= 15 is 0 Å². The van der Waals surface area contributed by atoms with Gasteiger partial charge in [-0.15, -0.1) is 0 Å². The van der Waals surface area contributed by atoms with Crippen molar-refractivity contribution in [2.75, 3.05) is 0 Å². The Morgan fingerprint density at radius 3 is 1.00 bits per heavy atom. The van der Waals surface area contributed by atoms with Crippen LogP contribution in [0.2, 0.25) is 0 Å². The van der Waals surface area contributed by atoms with E-state index in [1.54, 1.807) is 0 Å². The Labute approximate surface area is 83.6 Å². The zero-order valence-corrected chi connectivity index (χ0v) is 9.13. The summed E-state index contributed by atoms with van der Waals surface area (Å²) in [6.45, 7) is 0. The molecule has 1 aliphatic carbocycles. The van der Waals surface area contributed by atoms with Crippen LogP contribution in [0.15, 0.2) is 0 Å². The summed E-state index contributed by atoms with van der Waals surface area (Å²) in [5.74, 6) is 0. The van der Waals surface area contributed by atoms with Gasteiger partial charge in [0.2, 0.25) is 0 Å². The van der Waals surface area contributed by atoms with Crippen LogP contribution >= 0.6 is 19.1 Å². The molecule has 0 aliphatic heterocycles. The minimum Gasteiger partial charge on any atom is 0 e. The van der Waals surface area contributed by atoms with E-state index in [0.29, 0.717) is 0 Å². The van der Waals surface area contributed by atoms with Crippen molar-refractivity contribution >= 4 is 19.1 Å². The number of hydrogen-bond donors (Lipinski definition) is 0. The maximum Gasteiger partial charge on any atom is 0 e. The first kappa shape index (κ1) is 13.4. The summed E-state index contributed by atoms with van der Waals surface area (Å²) in [5.41, 5.74) is 0. The van der Waals surface area contributed by atoms with Gasteiger partial charge in [0, 0.05) is 17.1 Å². The molecule has 0 heterocycles. The van der Waals surface area contributed by atoms with E-state index in [1.807, 2.05) is 0 Å². The first-order valence-electron chi connectivity index (χ1n) is 2.74. The van der Waals surface area contributed by atoms with Gasteiger partial charge in [-0.05, 0) is 0 Å². The first-order chi connectivity index (χ1) is 3.91. The molecule has 0 saturated heterocycles. The fraction of sp³-hybridized carbons (Fsp3) is 1.00. The molecule has 0 aromatic rings. The van der Waals surface area contributed by atoms with E-state index in [0.717, 1.165) is 0 Å². The van der Waals surface area contributed by atoms with Gasteiger partial charge in [0.05, 0.1) is 0 Å². The van der Waals surface area contributed by atoms with Crippen molar-refractivity contribution in [2.24, 2.45) is 0 Å². The molecule has 4 heteroatoms. The average molecular weight is 303 g/mol. The van der Waals surface area contributed by atoms with E-state index in [9.17, 15) is 0 Å². The molecule has 1 fully saturated rings. The molecule has 9 heavy (non-hydrogen) atoms. The Kier molecular flexibility index (Phi) is 18.5. The second-order valence-electron chi connectivity index (χ2n) is 1.81. The first-order valence-corrected chi connectivity index (χ1v) is 6.74. The molecule has 1 saturated carbocycles. The molecule has 0 spiro atoms. The van der Waals surface area contributed by atoms with E-state index < -0.39 is 0 Å². The van der Waals surface area contributed by atoms with Crippen LogP contribution < -0.4 is 0 Å². The molecule has 0 nitrogen and oxygen atoms in total. The Morgan fingerprint density at radius 2 is 0.889 bits per heavy atom. The topological polar surface area (TPSA) is 0 Å². The van der Waals surface area contributed by atoms with Crippen LogP contribution in [0.5, 0.6) is 0 Å². The molecule has 62 valence electrons. The van der Waals surface area contributed by atoms with Gasteiger partial charge in [-0.25, -0.2) is 0 Å². The summed E-state index contributed by atoms with van der Waals surface area (Å²) in [6, 6.07) is 0. The third-order valence-corrected chi connectivity index (χ3v) is 1.25. The predicted molar refractivity (Wildman–Crippen MR) is 34.8 cm³/mol. The summed E-state index contributed by atoms with van der Waals surface area (Å²) in [7, 11) is 9.63. The Bertz CT molecular complexity index is 34.3. The average Bonchev–Trinajstić information content (AvgIpc) is 2.17. The van der Waals surface area contributed by atoms with Crippen molar-refractivity contribution in [1.29, 1.82) is 0 Å². The summed E-state index contributed by atoms with van der Waals surface area (Å²) in [4.78, 5) is 0. The quantitative estimate of drug-likeness (QED) is 0.602. The van der Waals surface area contributed by atoms with Crippen LogP contribution in [-0.2, 0) is 33.0 Å². The van der Waals surface area contributed by atoms with Crippen LogP contribution in [0.4, 0.5) is 0 Å². The van der Waals surface area contributed by atoms with Crippen molar-refractivity contribution < 1.29 is 33.0 Å². The van der Waals surface area contributed by atoms with Crippen molar-refractivity contribution in [2.45, 2.75) is 32.1 Å². The van der Waals surface area contributed by atoms with Gasteiger partial charge in [-0.2, -0.15) is 0 Å². The molecular formula is C5H10Cl2FePd. The van der Waals surface area contributed by atoms with Crippen LogP contribution in [0, 0.1) is 0 Å². The number of halogens is 2. The molecule has 0 amide bonds. The molecule has 0 atom stereocenters. The minimum absolute atomic E-state index is 0. The third kappa shape index (κ3) is 12.9. The van der Waals surface area contributed by atoms with Gasteiger partial charge in [0.15, 0.2) is 0 Å². The van der Waals surface area contributed by atoms with Crippen LogP contribution in [0.1, 0.15) is 32.1 Å². The fourth-order valence-corrected chi connectivity index (χ4v) is 0.884. The molecule has 0 bridgehead atoms. The maximum absolute atomic E-state index is 4.81. The summed E-state index contributed by atoms with van der Waals surface area (Å²) in [6.07, 6.45) is 7.50. The second kappa shape index (κ2) is 12.4. The largest absolute Gasteiger partial charge is 0 e. The Hall–Kier alpha value is 1.76. The normalized spacial score (nSPS) is 15.8. The molecule has 0 aromatic heterocycles. The van der Waals surface area contributed by atoms with Gasteiger partial charge >= 0.3 is 35.0 Å². The third-order valence-electron chi connectivity index (χ3n) is 1.25. The molecule has 1 aliphatic rings. The summed E-state index contributed by atoms with van der Waals surface area (Å²) in [5, 5.41) is 0. The van der Waals surface area contributed by atoms with E-state index in [4.69, 9.17) is 19.1 Å². The molecular weight excluding hydrogens is 293 g/mol. The molecule has 0 unspecified atom stereocenters. The zero-order chi connectivity index (χ0) is 6.24. The molecule has 0 aromatic carbocycles. The second-order valence-corrected chi connectivity index (χ2v) is 4.17. The standard InChI is InChI=1S/C5H10.2ClH.Fe.Pd/c1-2-4-5-3-1;;;;/h1-5H2;2*1H;;/q;;;;+2/p-2. The van der Waals surface area contributed by atoms with Gasteiger partial charge in [0.1, 0.15) is 0 Å². The van der Waals surface area contributed by atoms with Gasteiger partial charge in [-0.3, -0.25) is 0 Å². The Balaban J connectivity index is 0. The van der Waals surface area contributed by atoms with Gasteiger partial charge in [-0.1, -0.05) is 32.1 Å². The SMILES string of the molecule is C1CCCC1.[Cl][Pd][Cl].[Fe]. The van der Waals surface area contributed by atoms with Crippen LogP contribution in [-0.4, -0.2) is 0 Å². The van der Waals surface area contributed by atoms with Crippen molar-refractivity contribution in [3.05, 3.63) is 0 Å². The number of rotatable bonds is 0. The molecule has 0 N–H and O–H groups in total. The monoisotopic (exact) mass is 302 g/mol. The smallest absolute Gasteiger partial charge is 0 e. The van der Waals surface area contributed by atoms with Crippen molar-refractivity contribution in [3.63, 3.8) is 0 Å². The van der Waals surface area contributed by atoms with Crippen LogP contribution in [0.25, 0.3) is 0 Å². The van der Waals surface area contributed by atoms with Crippen molar-refractivity contribution in [3.8, 4) is 0 Å². The minimum atomic E-state index is -0.106.